The summed E-state index contributed by atoms with van der Waals surface area (Å²) >= 11 is 3.44. The van der Waals surface area contributed by atoms with Gasteiger partial charge in [0.1, 0.15) is 17.6 Å². The Hall–Kier alpha value is -2.58. The minimum absolute atomic E-state index is 0.454. The second-order valence-corrected chi connectivity index (χ2v) is 6.08. The van der Waals surface area contributed by atoms with E-state index < -0.39 is 0 Å². The molecule has 0 unspecified atom stereocenters. The molecule has 0 spiro atoms. The fourth-order valence-electron chi connectivity index (χ4n) is 2.38. The minimum atomic E-state index is 0.454. The lowest BCUT2D eigenvalue weighted by molar-refractivity contribution is 0.414. The average molecular weight is 368 g/mol. The van der Waals surface area contributed by atoms with Gasteiger partial charge in [-0.3, -0.25) is 0 Å². The molecule has 0 saturated carbocycles. The van der Waals surface area contributed by atoms with Gasteiger partial charge in [-0.05, 0) is 48.9 Å². The molecule has 3 aromatic rings. The summed E-state index contributed by atoms with van der Waals surface area (Å²) in [7, 11) is 1.61. The number of nitrogens with one attached hydrogen (secondary N) is 1. The summed E-state index contributed by atoms with van der Waals surface area (Å²) in [5, 5.41) is 9.52. The SMILES string of the molecule is COc1ccc(Br)cc1/C=C(\C#N)c1nc2ccc(C)cc2[nH]1. The maximum Gasteiger partial charge on any atom is 0.149 e. The second-order valence-electron chi connectivity index (χ2n) is 5.16. The van der Waals surface area contributed by atoms with E-state index in [4.69, 9.17) is 4.74 Å². The molecule has 3 rings (SSSR count). The highest BCUT2D eigenvalue weighted by Crippen LogP contribution is 2.27. The van der Waals surface area contributed by atoms with Crippen LogP contribution in [-0.4, -0.2) is 17.1 Å². The molecule has 1 N–H and O–H groups in total. The molecule has 4 nitrogen and oxygen atoms in total. The summed E-state index contributed by atoms with van der Waals surface area (Å²) in [6.07, 6.45) is 1.77. The number of nitrogens with zero attached hydrogens (tertiary/aromatic N) is 2. The van der Waals surface area contributed by atoms with Crippen molar-refractivity contribution in [2.45, 2.75) is 6.92 Å². The third-order valence-corrected chi connectivity index (χ3v) is 4.00. The summed E-state index contributed by atoms with van der Waals surface area (Å²) in [6.45, 7) is 2.02. The number of nitriles is 1. The fourth-order valence-corrected chi connectivity index (χ4v) is 2.76. The normalized spacial score (nSPS) is 11.5. The number of ether oxygens (including phenoxy) is 1. The molecule has 23 heavy (non-hydrogen) atoms. The molecule has 0 radical (unpaired) electrons. The van der Waals surface area contributed by atoms with Gasteiger partial charge in [0.2, 0.25) is 0 Å². The molecule has 5 heteroatoms. The number of imidazole rings is 1. The van der Waals surface area contributed by atoms with Crippen molar-refractivity contribution in [1.29, 1.82) is 5.26 Å². The highest BCUT2D eigenvalue weighted by atomic mass is 79.9. The van der Waals surface area contributed by atoms with E-state index >= 15 is 0 Å². The first kappa shape index (κ1) is 15.3. The molecule has 0 aliphatic carbocycles. The van der Waals surface area contributed by atoms with Crippen LogP contribution < -0.4 is 4.74 Å². The monoisotopic (exact) mass is 367 g/mol. The summed E-state index contributed by atoms with van der Waals surface area (Å²) in [5.74, 6) is 1.25. The van der Waals surface area contributed by atoms with Gasteiger partial charge in [-0.15, -0.1) is 0 Å². The van der Waals surface area contributed by atoms with Crippen molar-refractivity contribution < 1.29 is 4.74 Å². The van der Waals surface area contributed by atoms with Gasteiger partial charge in [-0.25, -0.2) is 4.98 Å². The first-order valence-corrected chi connectivity index (χ1v) is 7.82. The molecule has 2 aromatic carbocycles. The van der Waals surface area contributed by atoms with Crippen LogP contribution >= 0.6 is 15.9 Å². The maximum absolute atomic E-state index is 9.52. The Balaban J connectivity index is 2.11. The van der Waals surface area contributed by atoms with Gasteiger partial charge in [0.25, 0.3) is 0 Å². The molecular formula is C18H14BrN3O. The van der Waals surface area contributed by atoms with Gasteiger partial charge in [0, 0.05) is 10.0 Å². The zero-order valence-electron chi connectivity index (χ0n) is 12.7. The Morgan fingerprint density at radius 3 is 2.87 bits per heavy atom. The first-order valence-electron chi connectivity index (χ1n) is 7.03. The predicted octanol–water partition coefficient (Wildman–Crippen LogP) is 4.71. The number of H-pyrrole nitrogens is 1. The van der Waals surface area contributed by atoms with Gasteiger partial charge in [-0.2, -0.15) is 5.26 Å². The van der Waals surface area contributed by atoms with Gasteiger partial charge >= 0.3 is 0 Å². The lowest BCUT2D eigenvalue weighted by Gasteiger charge is -2.05. The molecule has 0 saturated heterocycles. The number of rotatable bonds is 3. The highest BCUT2D eigenvalue weighted by molar-refractivity contribution is 9.10. The zero-order chi connectivity index (χ0) is 16.4. The summed E-state index contributed by atoms with van der Waals surface area (Å²) in [5.41, 5.74) is 4.17. The molecule has 0 amide bonds. The Morgan fingerprint density at radius 1 is 1.30 bits per heavy atom. The molecule has 114 valence electrons. The molecule has 1 heterocycles. The van der Waals surface area contributed by atoms with Crippen molar-refractivity contribution in [3.05, 3.63) is 57.8 Å². The molecule has 0 aliphatic heterocycles. The highest BCUT2D eigenvalue weighted by Gasteiger charge is 2.10. The lowest BCUT2D eigenvalue weighted by atomic mass is 10.1. The summed E-state index contributed by atoms with van der Waals surface area (Å²) in [6, 6.07) is 13.8. The van der Waals surface area contributed by atoms with Crippen molar-refractivity contribution in [1.82, 2.24) is 9.97 Å². The van der Waals surface area contributed by atoms with E-state index in [0.717, 1.165) is 26.6 Å². The van der Waals surface area contributed by atoms with Crippen LogP contribution in [0.3, 0.4) is 0 Å². The lowest BCUT2D eigenvalue weighted by Crippen LogP contribution is -1.89. The summed E-state index contributed by atoms with van der Waals surface area (Å²) < 4.78 is 6.27. The zero-order valence-corrected chi connectivity index (χ0v) is 14.3. The van der Waals surface area contributed by atoms with Crippen LogP contribution in [0.2, 0.25) is 0 Å². The number of benzene rings is 2. The Bertz CT molecular complexity index is 951. The third-order valence-electron chi connectivity index (χ3n) is 3.50. The van der Waals surface area contributed by atoms with Crippen molar-refractivity contribution in [2.24, 2.45) is 0 Å². The fraction of sp³-hybridized carbons (Fsp3) is 0.111. The number of hydrogen-bond donors (Lipinski definition) is 1. The first-order chi connectivity index (χ1) is 11.1. The van der Waals surface area contributed by atoms with E-state index in [-0.39, 0.29) is 0 Å². The van der Waals surface area contributed by atoms with Crippen LogP contribution in [0.5, 0.6) is 5.75 Å². The number of allylic oxidation sites excluding steroid dienone is 1. The van der Waals surface area contributed by atoms with Crippen LogP contribution in [0.1, 0.15) is 17.0 Å². The van der Waals surface area contributed by atoms with Crippen molar-refractivity contribution in [3.63, 3.8) is 0 Å². The maximum atomic E-state index is 9.52. The minimum Gasteiger partial charge on any atom is -0.496 e. The largest absolute Gasteiger partial charge is 0.496 e. The van der Waals surface area contributed by atoms with E-state index in [1.807, 2.05) is 43.3 Å². The van der Waals surface area contributed by atoms with E-state index in [2.05, 4.69) is 32.0 Å². The van der Waals surface area contributed by atoms with Crippen LogP contribution in [0, 0.1) is 18.3 Å². The Labute approximate surface area is 142 Å². The molecule has 0 atom stereocenters. The second kappa shape index (κ2) is 6.27. The number of hydrogen-bond acceptors (Lipinski definition) is 3. The number of aromatic nitrogens is 2. The van der Waals surface area contributed by atoms with E-state index in [1.54, 1.807) is 13.2 Å². The van der Waals surface area contributed by atoms with Crippen LogP contribution in [0.15, 0.2) is 40.9 Å². The van der Waals surface area contributed by atoms with Crippen LogP contribution in [0.25, 0.3) is 22.7 Å². The van der Waals surface area contributed by atoms with E-state index in [1.165, 1.54) is 0 Å². The molecule has 0 aliphatic rings. The molecule has 0 bridgehead atoms. The number of methoxy groups -OCH3 is 1. The van der Waals surface area contributed by atoms with Gasteiger partial charge in [0.15, 0.2) is 0 Å². The Morgan fingerprint density at radius 2 is 2.13 bits per heavy atom. The summed E-state index contributed by atoms with van der Waals surface area (Å²) in [4.78, 5) is 7.71. The molecule has 0 fully saturated rings. The topological polar surface area (TPSA) is 61.7 Å². The number of aromatic amines is 1. The smallest absolute Gasteiger partial charge is 0.149 e. The number of aryl methyl sites for hydroxylation is 1. The van der Waals surface area contributed by atoms with Crippen molar-refractivity contribution in [2.75, 3.05) is 7.11 Å². The van der Waals surface area contributed by atoms with Gasteiger partial charge in [-0.1, -0.05) is 22.0 Å². The third kappa shape index (κ3) is 3.13. The Kier molecular flexibility index (Phi) is 4.18. The van der Waals surface area contributed by atoms with E-state index in [0.29, 0.717) is 17.1 Å². The molecular weight excluding hydrogens is 354 g/mol. The quantitative estimate of drug-likeness (QED) is 0.682. The van der Waals surface area contributed by atoms with Gasteiger partial charge < -0.3 is 9.72 Å². The van der Waals surface area contributed by atoms with Gasteiger partial charge in [0.05, 0.1) is 23.7 Å². The van der Waals surface area contributed by atoms with Crippen molar-refractivity contribution >= 4 is 38.6 Å². The van der Waals surface area contributed by atoms with Crippen LogP contribution in [-0.2, 0) is 0 Å². The number of fused-ring (bicyclic) bond motifs is 1. The standard InChI is InChI=1S/C18H14BrN3O/c1-11-3-5-15-16(7-11)22-18(21-15)13(10-20)8-12-9-14(19)4-6-17(12)23-2/h3-9H,1-2H3,(H,21,22)/b13-8+. The van der Waals surface area contributed by atoms with E-state index in [9.17, 15) is 5.26 Å². The molecule has 1 aromatic heterocycles. The van der Waals surface area contributed by atoms with Crippen LogP contribution in [0.4, 0.5) is 0 Å². The average Bonchev–Trinajstić information content (AvgIpc) is 2.95. The predicted molar refractivity (Wildman–Crippen MR) is 95.0 cm³/mol. The number of halogens is 1. The van der Waals surface area contributed by atoms with Crippen molar-refractivity contribution in [3.8, 4) is 11.8 Å².